The zero-order chi connectivity index (χ0) is 15.8. The molecule has 0 aliphatic rings. The second-order valence-corrected chi connectivity index (χ2v) is 4.66. The number of aliphatic hydroxyl groups excluding tert-OH is 1. The van der Waals surface area contributed by atoms with Crippen LogP contribution in [0.1, 0.15) is 16.8 Å². The lowest BCUT2D eigenvalue weighted by atomic mass is 10.1. The van der Waals surface area contributed by atoms with E-state index in [-0.39, 0.29) is 18.6 Å². The molecule has 0 fully saturated rings. The minimum Gasteiger partial charge on any atom is -0.455 e. The maximum absolute atomic E-state index is 12.3. The Hall–Kier alpha value is -2.66. The third-order valence-corrected chi connectivity index (χ3v) is 3.00. The fraction of sp³-hybridized carbons (Fsp3) is 0.176. The predicted molar refractivity (Wildman–Crippen MR) is 83.9 cm³/mol. The van der Waals surface area contributed by atoms with E-state index in [4.69, 9.17) is 4.74 Å². The zero-order valence-corrected chi connectivity index (χ0v) is 12.1. The fourth-order valence-corrected chi connectivity index (χ4v) is 1.92. The van der Waals surface area contributed by atoms with E-state index < -0.39 is 0 Å². The molecular formula is C17H18N2O3. The molecule has 2 rings (SSSR count). The highest BCUT2D eigenvalue weighted by Gasteiger charge is 2.16. The van der Waals surface area contributed by atoms with Crippen LogP contribution in [-0.4, -0.2) is 28.6 Å². The van der Waals surface area contributed by atoms with Crippen LogP contribution in [0.2, 0.25) is 0 Å². The number of amides is 1. The molecule has 1 amide bonds. The molecule has 1 aromatic carbocycles. The predicted octanol–water partition coefficient (Wildman–Crippen LogP) is 2.54. The Morgan fingerprint density at radius 1 is 1.36 bits per heavy atom. The Bertz CT molecular complexity index is 629. The molecular weight excluding hydrogens is 280 g/mol. The van der Waals surface area contributed by atoms with E-state index >= 15 is 0 Å². The fourth-order valence-electron chi connectivity index (χ4n) is 1.92. The van der Waals surface area contributed by atoms with Crippen LogP contribution in [0.5, 0.6) is 11.5 Å². The number of ether oxygens (including phenoxy) is 1. The number of rotatable bonds is 7. The summed E-state index contributed by atoms with van der Waals surface area (Å²) in [5, 5.41) is 12.0. The van der Waals surface area contributed by atoms with Crippen molar-refractivity contribution in [1.82, 2.24) is 10.3 Å². The van der Waals surface area contributed by atoms with Crippen LogP contribution in [0.3, 0.4) is 0 Å². The van der Waals surface area contributed by atoms with Gasteiger partial charge < -0.3 is 15.2 Å². The van der Waals surface area contributed by atoms with Gasteiger partial charge in [-0.2, -0.15) is 0 Å². The van der Waals surface area contributed by atoms with Gasteiger partial charge in [0, 0.05) is 6.20 Å². The summed E-state index contributed by atoms with van der Waals surface area (Å²) in [4.78, 5) is 16.3. The second-order valence-electron chi connectivity index (χ2n) is 4.66. The first-order valence-corrected chi connectivity index (χ1v) is 6.94. The van der Waals surface area contributed by atoms with Gasteiger partial charge in [-0.3, -0.25) is 9.78 Å². The van der Waals surface area contributed by atoms with E-state index in [0.717, 1.165) is 0 Å². The van der Waals surface area contributed by atoms with Crippen LogP contribution >= 0.6 is 0 Å². The van der Waals surface area contributed by atoms with Crippen LogP contribution < -0.4 is 10.1 Å². The van der Waals surface area contributed by atoms with Crippen molar-refractivity contribution in [2.45, 2.75) is 12.5 Å². The number of hydrogen-bond donors (Lipinski definition) is 2. The average Bonchev–Trinajstić information content (AvgIpc) is 2.55. The van der Waals surface area contributed by atoms with Crippen LogP contribution in [-0.2, 0) is 0 Å². The summed E-state index contributed by atoms with van der Waals surface area (Å²) in [6.45, 7) is 3.46. The summed E-state index contributed by atoms with van der Waals surface area (Å²) in [6.07, 6.45) is 5.36. The smallest absolute Gasteiger partial charge is 0.255 e. The van der Waals surface area contributed by atoms with Gasteiger partial charge >= 0.3 is 0 Å². The standard InChI is InChI=1S/C17H18N2O3/c1-2-6-13(12-20)19-17(21)15-8-3-4-9-16(15)22-14-7-5-10-18-11-14/h2-5,7-11,13,20H,1,6,12H2,(H,19,21)/t13-/m1/s1. The molecule has 1 heterocycles. The summed E-state index contributed by atoms with van der Waals surface area (Å²) >= 11 is 0. The van der Waals surface area contributed by atoms with Gasteiger partial charge in [0.15, 0.2) is 0 Å². The van der Waals surface area contributed by atoms with Crippen molar-refractivity contribution in [3.63, 3.8) is 0 Å². The van der Waals surface area contributed by atoms with Crippen LogP contribution in [0.4, 0.5) is 0 Å². The minimum absolute atomic E-state index is 0.149. The Kier molecular flexibility index (Phi) is 5.68. The third kappa shape index (κ3) is 4.17. The number of benzene rings is 1. The molecule has 1 aromatic heterocycles. The SMILES string of the molecule is C=CC[C@H](CO)NC(=O)c1ccccc1Oc1cccnc1. The molecule has 22 heavy (non-hydrogen) atoms. The lowest BCUT2D eigenvalue weighted by molar-refractivity contribution is 0.0915. The highest BCUT2D eigenvalue weighted by atomic mass is 16.5. The van der Waals surface area contributed by atoms with Crippen LogP contribution in [0.15, 0.2) is 61.4 Å². The number of pyridine rings is 1. The van der Waals surface area contributed by atoms with Crippen molar-refractivity contribution in [3.8, 4) is 11.5 Å². The molecule has 0 radical (unpaired) electrons. The lowest BCUT2D eigenvalue weighted by Gasteiger charge is -2.16. The van der Waals surface area contributed by atoms with E-state index in [2.05, 4.69) is 16.9 Å². The molecule has 114 valence electrons. The molecule has 2 aromatic rings. The molecule has 0 aliphatic carbocycles. The molecule has 0 unspecified atom stereocenters. The first-order chi connectivity index (χ1) is 10.7. The largest absolute Gasteiger partial charge is 0.455 e. The Morgan fingerprint density at radius 3 is 2.86 bits per heavy atom. The number of nitrogens with zero attached hydrogens (tertiary/aromatic N) is 1. The van der Waals surface area contributed by atoms with Crippen molar-refractivity contribution in [1.29, 1.82) is 0 Å². The van der Waals surface area contributed by atoms with E-state index in [1.807, 2.05) is 0 Å². The van der Waals surface area contributed by atoms with E-state index in [1.54, 1.807) is 54.9 Å². The van der Waals surface area contributed by atoms with Gasteiger partial charge in [0.05, 0.1) is 24.4 Å². The minimum atomic E-state index is -0.364. The van der Waals surface area contributed by atoms with E-state index in [9.17, 15) is 9.90 Å². The zero-order valence-electron chi connectivity index (χ0n) is 12.1. The summed E-state index contributed by atoms with van der Waals surface area (Å²) in [7, 11) is 0. The highest BCUT2D eigenvalue weighted by Crippen LogP contribution is 2.24. The number of para-hydroxylation sites is 1. The first kappa shape index (κ1) is 15.7. The molecule has 5 nitrogen and oxygen atoms in total. The number of nitrogens with one attached hydrogen (secondary N) is 1. The van der Waals surface area contributed by atoms with Gasteiger partial charge in [0.1, 0.15) is 11.5 Å². The van der Waals surface area contributed by atoms with Crippen molar-refractivity contribution in [3.05, 3.63) is 67.0 Å². The summed E-state index contributed by atoms with van der Waals surface area (Å²) in [5.74, 6) is 0.677. The van der Waals surface area contributed by atoms with E-state index in [0.29, 0.717) is 23.5 Å². The molecule has 0 saturated heterocycles. The third-order valence-electron chi connectivity index (χ3n) is 3.00. The lowest BCUT2D eigenvalue weighted by Crippen LogP contribution is -2.37. The second kappa shape index (κ2) is 7.95. The molecule has 2 N–H and O–H groups in total. The number of carbonyl (C=O) groups excluding carboxylic acids is 1. The average molecular weight is 298 g/mol. The quantitative estimate of drug-likeness (QED) is 0.771. The molecule has 0 saturated carbocycles. The van der Waals surface area contributed by atoms with E-state index in [1.165, 1.54) is 0 Å². The van der Waals surface area contributed by atoms with Gasteiger partial charge in [-0.15, -0.1) is 6.58 Å². The summed E-state index contributed by atoms with van der Waals surface area (Å²) < 4.78 is 5.70. The monoisotopic (exact) mass is 298 g/mol. The molecule has 0 spiro atoms. The summed E-state index contributed by atoms with van der Waals surface area (Å²) in [5.41, 5.74) is 0.397. The Balaban J connectivity index is 2.17. The van der Waals surface area contributed by atoms with Gasteiger partial charge in [0.25, 0.3) is 5.91 Å². The Morgan fingerprint density at radius 2 is 2.18 bits per heavy atom. The van der Waals surface area contributed by atoms with Crippen LogP contribution in [0.25, 0.3) is 0 Å². The molecule has 5 heteroatoms. The number of carbonyl (C=O) groups is 1. The number of hydrogen-bond acceptors (Lipinski definition) is 4. The summed E-state index contributed by atoms with van der Waals surface area (Å²) in [6, 6.07) is 10.1. The van der Waals surface area contributed by atoms with Crippen LogP contribution in [0, 0.1) is 0 Å². The van der Waals surface area contributed by atoms with Crippen molar-refractivity contribution in [2.75, 3.05) is 6.61 Å². The van der Waals surface area contributed by atoms with Gasteiger partial charge in [-0.25, -0.2) is 0 Å². The first-order valence-electron chi connectivity index (χ1n) is 6.94. The Labute approximate surface area is 129 Å². The molecule has 0 aliphatic heterocycles. The maximum Gasteiger partial charge on any atom is 0.255 e. The molecule has 0 bridgehead atoms. The van der Waals surface area contributed by atoms with Gasteiger partial charge in [0.2, 0.25) is 0 Å². The topological polar surface area (TPSA) is 71.5 Å². The number of aliphatic hydroxyl groups is 1. The van der Waals surface area contributed by atoms with Crippen molar-refractivity contribution in [2.24, 2.45) is 0 Å². The normalized spacial score (nSPS) is 11.5. The van der Waals surface area contributed by atoms with Crippen molar-refractivity contribution < 1.29 is 14.6 Å². The molecule has 1 atom stereocenters. The number of aromatic nitrogens is 1. The maximum atomic E-state index is 12.3. The highest BCUT2D eigenvalue weighted by molar-refractivity contribution is 5.97. The van der Waals surface area contributed by atoms with Crippen molar-refractivity contribution >= 4 is 5.91 Å². The van der Waals surface area contributed by atoms with Gasteiger partial charge in [-0.1, -0.05) is 18.2 Å². The van der Waals surface area contributed by atoms with Gasteiger partial charge in [-0.05, 0) is 30.7 Å².